The van der Waals surface area contributed by atoms with Gasteiger partial charge >= 0.3 is 0 Å². The van der Waals surface area contributed by atoms with Crippen LogP contribution in [0, 0.1) is 0 Å². The molecule has 0 amide bonds. The third kappa shape index (κ3) is 3.27. The van der Waals surface area contributed by atoms with Crippen LogP contribution in [0.3, 0.4) is 0 Å². The van der Waals surface area contributed by atoms with Crippen molar-refractivity contribution in [2.45, 2.75) is 25.3 Å². The van der Waals surface area contributed by atoms with Crippen molar-refractivity contribution in [1.82, 2.24) is 15.1 Å². The number of aryl methyl sites for hydroxylation is 1. The molecule has 1 heterocycles. The smallest absolute Gasteiger partial charge is 0.188 e. The summed E-state index contributed by atoms with van der Waals surface area (Å²) < 4.78 is 1.80. The van der Waals surface area contributed by atoms with Crippen LogP contribution in [0.5, 0.6) is 0 Å². The van der Waals surface area contributed by atoms with Gasteiger partial charge in [-0.3, -0.25) is 9.67 Å². The normalized spacial score (nSPS) is 16.7. The van der Waals surface area contributed by atoms with Crippen LogP contribution in [0.25, 0.3) is 0 Å². The van der Waals surface area contributed by atoms with Crippen molar-refractivity contribution < 1.29 is 0 Å². The fourth-order valence-electron chi connectivity index (χ4n) is 1.39. The highest BCUT2D eigenvalue weighted by Crippen LogP contribution is 2.17. The van der Waals surface area contributed by atoms with E-state index in [4.69, 9.17) is 5.73 Å². The molecule has 1 aromatic heterocycles. The van der Waals surface area contributed by atoms with Gasteiger partial charge < -0.3 is 11.1 Å². The van der Waals surface area contributed by atoms with E-state index in [9.17, 15) is 0 Å². The maximum Gasteiger partial charge on any atom is 0.188 e. The lowest BCUT2D eigenvalue weighted by molar-refractivity contribution is 0.766. The number of aromatic nitrogens is 2. The monoisotopic (exact) mass is 207 g/mol. The van der Waals surface area contributed by atoms with E-state index in [0.717, 1.165) is 13.0 Å². The average molecular weight is 207 g/mol. The molecule has 3 N–H and O–H groups in total. The predicted molar refractivity (Wildman–Crippen MR) is 59.6 cm³/mol. The van der Waals surface area contributed by atoms with Crippen LogP contribution in [0.15, 0.2) is 17.4 Å². The molecular weight excluding hydrogens is 190 g/mol. The molecule has 0 unspecified atom stereocenters. The number of nitrogens with one attached hydrogen (secondary N) is 1. The minimum absolute atomic E-state index is 0.571. The van der Waals surface area contributed by atoms with Gasteiger partial charge in [0, 0.05) is 25.8 Å². The first-order valence-corrected chi connectivity index (χ1v) is 5.28. The molecule has 0 aromatic carbocycles. The van der Waals surface area contributed by atoms with Crippen molar-refractivity contribution in [1.29, 1.82) is 0 Å². The lowest BCUT2D eigenvalue weighted by Gasteiger charge is -2.01. The number of aliphatic imine (C=N–C) groups is 1. The predicted octanol–water partition coefficient (Wildman–Crippen LogP) is 0.0293. The quantitative estimate of drug-likeness (QED) is 0.540. The Morgan fingerprint density at radius 3 is 3.13 bits per heavy atom. The Kier molecular flexibility index (Phi) is 2.89. The van der Waals surface area contributed by atoms with Gasteiger partial charge in [0.15, 0.2) is 5.96 Å². The summed E-state index contributed by atoms with van der Waals surface area (Å²) in [5, 5.41) is 7.25. The van der Waals surface area contributed by atoms with Crippen molar-refractivity contribution in [2.24, 2.45) is 17.8 Å². The lowest BCUT2D eigenvalue weighted by atomic mass is 10.3. The summed E-state index contributed by atoms with van der Waals surface area (Å²) in [5.74, 6) is 0.571. The van der Waals surface area contributed by atoms with Gasteiger partial charge in [0.1, 0.15) is 0 Å². The van der Waals surface area contributed by atoms with E-state index >= 15 is 0 Å². The summed E-state index contributed by atoms with van der Waals surface area (Å²) >= 11 is 0. The summed E-state index contributed by atoms with van der Waals surface area (Å²) in [5.41, 5.74) is 6.90. The Hall–Kier alpha value is -1.52. The standard InChI is InChI=1S/C10H17N5/c1-15-7-8(6-13-15)4-5-12-10(11)14-9-2-3-9/h6-7,9H,2-5H2,1H3,(H3,11,12,14). The number of nitrogens with zero attached hydrogens (tertiary/aromatic N) is 3. The van der Waals surface area contributed by atoms with Crippen LogP contribution in [0.2, 0.25) is 0 Å². The molecular formula is C10H17N5. The van der Waals surface area contributed by atoms with Gasteiger partial charge in [-0.05, 0) is 24.8 Å². The van der Waals surface area contributed by atoms with Crippen LogP contribution >= 0.6 is 0 Å². The molecule has 1 aliphatic rings. The minimum atomic E-state index is 0.571. The van der Waals surface area contributed by atoms with Gasteiger partial charge in [-0.1, -0.05) is 0 Å². The molecule has 0 saturated heterocycles. The lowest BCUT2D eigenvalue weighted by Crippen LogP contribution is -2.33. The number of hydrogen-bond acceptors (Lipinski definition) is 2. The van der Waals surface area contributed by atoms with Crippen molar-refractivity contribution in [3.63, 3.8) is 0 Å². The zero-order chi connectivity index (χ0) is 10.7. The highest BCUT2D eigenvalue weighted by molar-refractivity contribution is 5.78. The molecule has 82 valence electrons. The molecule has 1 saturated carbocycles. The second kappa shape index (κ2) is 4.33. The first-order chi connectivity index (χ1) is 7.24. The first kappa shape index (κ1) is 10.0. The zero-order valence-electron chi connectivity index (χ0n) is 8.98. The van der Waals surface area contributed by atoms with E-state index < -0.39 is 0 Å². The van der Waals surface area contributed by atoms with Gasteiger partial charge in [-0.2, -0.15) is 5.10 Å². The Morgan fingerprint density at radius 2 is 2.53 bits per heavy atom. The van der Waals surface area contributed by atoms with Crippen LogP contribution in [0.4, 0.5) is 0 Å². The fraction of sp³-hybridized carbons (Fsp3) is 0.600. The van der Waals surface area contributed by atoms with E-state index in [1.807, 2.05) is 19.4 Å². The fourth-order valence-corrected chi connectivity index (χ4v) is 1.39. The largest absolute Gasteiger partial charge is 0.370 e. The van der Waals surface area contributed by atoms with Crippen molar-refractivity contribution in [3.05, 3.63) is 18.0 Å². The van der Waals surface area contributed by atoms with Crippen molar-refractivity contribution in [3.8, 4) is 0 Å². The highest BCUT2D eigenvalue weighted by Gasteiger charge is 2.21. The van der Waals surface area contributed by atoms with Crippen LogP contribution in [0.1, 0.15) is 18.4 Å². The molecule has 0 radical (unpaired) electrons. The number of rotatable bonds is 4. The number of nitrogens with two attached hydrogens (primary N) is 1. The molecule has 0 aliphatic heterocycles. The van der Waals surface area contributed by atoms with Gasteiger partial charge in [0.05, 0.1) is 6.20 Å². The van der Waals surface area contributed by atoms with Crippen LogP contribution < -0.4 is 11.1 Å². The second-order valence-corrected chi connectivity index (χ2v) is 3.96. The Bertz CT molecular complexity index is 350. The third-order valence-corrected chi connectivity index (χ3v) is 2.37. The maximum atomic E-state index is 5.70. The van der Waals surface area contributed by atoms with Crippen molar-refractivity contribution in [2.75, 3.05) is 6.54 Å². The van der Waals surface area contributed by atoms with Crippen molar-refractivity contribution >= 4 is 5.96 Å². The zero-order valence-corrected chi connectivity index (χ0v) is 8.98. The summed E-state index contributed by atoms with van der Waals surface area (Å²) in [7, 11) is 1.91. The average Bonchev–Trinajstić information content (AvgIpc) is 2.89. The molecule has 5 heteroatoms. The number of guanidine groups is 1. The molecule has 0 atom stereocenters. The Morgan fingerprint density at radius 1 is 1.73 bits per heavy atom. The van der Waals surface area contributed by atoms with E-state index in [2.05, 4.69) is 15.4 Å². The van der Waals surface area contributed by atoms with Crippen LogP contribution in [-0.2, 0) is 13.5 Å². The third-order valence-electron chi connectivity index (χ3n) is 2.37. The Balaban J connectivity index is 1.72. The van der Waals surface area contributed by atoms with Gasteiger partial charge in [-0.15, -0.1) is 0 Å². The highest BCUT2D eigenvalue weighted by atomic mass is 15.2. The molecule has 1 aliphatic carbocycles. The van der Waals surface area contributed by atoms with E-state index in [1.54, 1.807) is 4.68 Å². The molecule has 5 nitrogen and oxygen atoms in total. The van der Waals surface area contributed by atoms with Gasteiger partial charge in [-0.25, -0.2) is 0 Å². The summed E-state index contributed by atoms with van der Waals surface area (Å²) in [6.45, 7) is 0.719. The molecule has 0 spiro atoms. The van der Waals surface area contributed by atoms with Gasteiger partial charge in [0.2, 0.25) is 0 Å². The topological polar surface area (TPSA) is 68.2 Å². The number of hydrogen-bond donors (Lipinski definition) is 2. The molecule has 1 fully saturated rings. The van der Waals surface area contributed by atoms with E-state index in [0.29, 0.717) is 12.0 Å². The maximum absolute atomic E-state index is 5.70. The van der Waals surface area contributed by atoms with Crippen LogP contribution in [-0.4, -0.2) is 28.3 Å². The second-order valence-electron chi connectivity index (χ2n) is 3.96. The molecule has 2 rings (SSSR count). The minimum Gasteiger partial charge on any atom is -0.370 e. The molecule has 0 bridgehead atoms. The summed E-state index contributed by atoms with van der Waals surface area (Å²) in [6.07, 6.45) is 7.19. The van der Waals surface area contributed by atoms with E-state index in [-0.39, 0.29) is 0 Å². The molecule has 15 heavy (non-hydrogen) atoms. The Labute approximate surface area is 89.4 Å². The SMILES string of the molecule is Cn1cc(CCN=C(N)NC2CC2)cn1. The summed E-state index contributed by atoms with van der Waals surface area (Å²) in [6, 6.07) is 0.576. The van der Waals surface area contributed by atoms with Gasteiger partial charge in [0.25, 0.3) is 0 Å². The summed E-state index contributed by atoms with van der Waals surface area (Å²) in [4.78, 5) is 4.26. The first-order valence-electron chi connectivity index (χ1n) is 5.28. The van der Waals surface area contributed by atoms with E-state index in [1.165, 1.54) is 18.4 Å². The molecule has 1 aromatic rings.